The predicted molar refractivity (Wildman–Crippen MR) is 78.9 cm³/mol. The van der Waals surface area contributed by atoms with Crippen LogP contribution in [-0.2, 0) is 25.5 Å². The van der Waals surface area contributed by atoms with Gasteiger partial charge in [0.25, 0.3) is 0 Å². The van der Waals surface area contributed by atoms with E-state index in [0.717, 1.165) is 5.56 Å². The summed E-state index contributed by atoms with van der Waals surface area (Å²) in [5, 5.41) is 0. The van der Waals surface area contributed by atoms with Gasteiger partial charge in [0.05, 0.1) is 13.2 Å². The zero-order chi connectivity index (χ0) is 15.5. The zero-order valence-electron chi connectivity index (χ0n) is 12.8. The fraction of sp³-hybridized carbons (Fsp3) is 0.529. The van der Waals surface area contributed by atoms with Gasteiger partial charge in [-0.1, -0.05) is 31.2 Å². The van der Waals surface area contributed by atoms with Crippen LogP contribution in [0.1, 0.15) is 44.2 Å². The highest BCUT2D eigenvalue weighted by molar-refractivity contribution is 6.00. The van der Waals surface area contributed by atoms with Gasteiger partial charge in [-0.2, -0.15) is 0 Å². The lowest BCUT2D eigenvalue weighted by atomic mass is 9.67. The number of rotatable bonds is 4. The molecule has 1 unspecified atom stereocenters. The monoisotopic (exact) mass is 290 g/mol. The molecule has 0 N–H and O–H groups in total. The molecule has 1 aromatic carbocycles. The Kier molecular flexibility index (Phi) is 4.66. The highest BCUT2D eigenvalue weighted by Crippen LogP contribution is 2.44. The molecule has 4 nitrogen and oxygen atoms in total. The number of benzene rings is 1. The molecule has 2 rings (SSSR count). The third-order valence-electron chi connectivity index (χ3n) is 4.07. The topological polar surface area (TPSA) is 52.6 Å². The Morgan fingerprint density at radius 2 is 1.71 bits per heavy atom. The largest absolute Gasteiger partial charge is 0.465 e. The SMILES string of the molecule is CCOC(=O)C1(C(=O)OCC)Cc2ccccc2C(C)C1. The van der Waals surface area contributed by atoms with Crippen molar-refractivity contribution in [3.8, 4) is 0 Å². The van der Waals surface area contributed by atoms with E-state index in [-0.39, 0.29) is 19.1 Å². The standard InChI is InChI=1S/C17H22O4/c1-4-20-15(18)17(16(19)21-5-2)10-12(3)14-9-7-6-8-13(14)11-17/h6-9,12H,4-5,10-11H2,1-3H3. The Hall–Kier alpha value is -1.84. The van der Waals surface area contributed by atoms with Crippen molar-refractivity contribution in [1.82, 2.24) is 0 Å². The quantitative estimate of drug-likeness (QED) is 0.632. The van der Waals surface area contributed by atoms with Gasteiger partial charge in [0.1, 0.15) is 0 Å². The minimum atomic E-state index is -1.21. The Morgan fingerprint density at radius 1 is 1.14 bits per heavy atom. The predicted octanol–water partition coefficient (Wildman–Crippen LogP) is 2.85. The van der Waals surface area contributed by atoms with Gasteiger partial charge in [-0.25, -0.2) is 0 Å². The third-order valence-corrected chi connectivity index (χ3v) is 4.07. The molecule has 0 amide bonds. The van der Waals surface area contributed by atoms with Crippen LogP contribution in [0.4, 0.5) is 0 Å². The van der Waals surface area contributed by atoms with Gasteiger partial charge in [0, 0.05) is 0 Å². The van der Waals surface area contributed by atoms with E-state index in [2.05, 4.69) is 6.07 Å². The van der Waals surface area contributed by atoms with Crippen molar-refractivity contribution < 1.29 is 19.1 Å². The lowest BCUT2D eigenvalue weighted by molar-refractivity contribution is -0.173. The molecule has 4 heteroatoms. The Balaban J connectivity index is 2.43. The number of carbonyl (C=O) groups is 2. The highest BCUT2D eigenvalue weighted by atomic mass is 16.6. The van der Waals surface area contributed by atoms with E-state index in [1.165, 1.54) is 5.56 Å². The number of esters is 2. The summed E-state index contributed by atoms with van der Waals surface area (Å²) in [7, 11) is 0. The van der Waals surface area contributed by atoms with Gasteiger partial charge >= 0.3 is 11.9 Å². The molecule has 0 fully saturated rings. The summed E-state index contributed by atoms with van der Waals surface area (Å²) in [6, 6.07) is 7.94. The van der Waals surface area contributed by atoms with E-state index in [1.807, 2.05) is 25.1 Å². The fourth-order valence-corrected chi connectivity index (χ4v) is 3.14. The Bertz CT molecular complexity index is 517. The van der Waals surface area contributed by atoms with E-state index < -0.39 is 17.4 Å². The van der Waals surface area contributed by atoms with Crippen molar-refractivity contribution >= 4 is 11.9 Å². The minimum absolute atomic E-state index is 0.115. The van der Waals surface area contributed by atoms with Crippen LogP contribution in [0, 0.1) is 5.41 Å². The van der Waals surface area contributed by atoms with Gasteiger partial charge in [-0.3, -0.25) is 9.59 Å². The second kappa shape index (κ2) is 6.29. The molecular weight excluding hydrogens is 268 g/mol. The van der Waals surface area contributed by atoms with Crippen LogP contribution < -0.4 is 0 Å². The number of ether oxygens (including phenoxy) is 2. The number of hydrogen-bond donors (Lipinski definition) is 0. The molecule has 0 saturated heterocycles. The van der Waals surface area contributed by atoms with Crippen molar-refractivity contribution in [2.24, 2.45) is 5.41 Å². The van der Waals surface area contributed by atoms with Crippen molar-refractivity contribution in [1.29, 1.82) is 0 Å². The Labute approximate surface area is 125 Å². The minimum Gasteiger partial charge on any atom is -0.465 e. The maximum atomic E-state index is 12.5. The van der Waals surface area contributed by atoms with Gasteiger partial charge < -0.3 is 9.47 Å². The summed E-state index contributed by atoms with van der Waals surface area (Å²) >= 11 is 0. The van der Waals surface area contributed by atoms with E-state index in [1.54, 1.807) is 13.8 Å². The van der Waals surface area contributed by atoms with E-state index in [9.17, 15) is 9.59 Å². The van der Waals surface area contributed by atoms with Crippen molar-refractivity contribution in [2.75, 3.05) is 13.2 Å². The van der Waals surface area contributed by atoms with Crippen molar-refractivity contribution in [2.45, 2.75) is 39.5 Å². The first kappa shape index (κ1) is 15.5. The van der Waals surface area contributed by atoms with Crippen LogP contribution in [0.2, 0.25) is 0 Å². The Morgan fingerprint density at radius 3 is 2.29 bits per heavy atom. The summed E-state index contributed by atoms with van der Waals surface area (Å²) in [5.74, 6) is -0.821. The molecule has 1 aliphatic carbocycles. The van der Waals surface area contributed by atoms with Gasteiger partial charge in [-0.15, -0.1) is 0 Å². The lowest BCUT2D eigenvalue weighted by Crippen LogP contribution is -2.47. The molecule has 0 aromatic heterocycles. The molecule has 0 spiro atoms. The average molecular weight is 290 g/mol. The second-order valence-corrected chi connectivity index (χ2v) is 5.50. The van der Waals surface area contributed by atoms with Crippen molar-refractivity contribution in [3.05, 3.63) is 35.4 Å². The molecule has 0 radical (unpaired) electrons. The molecule has 1 aliphatic rings. The van der Waals surface area contributed by atoms with Gasteiger partial charge in [-0.05, 0) is 43.7 Å². The van der Waals surface area contributed by atoms with Crippen LogP contribution in [-0.4, -0.2) is 25.2 Å². The van der Waals surface area contributed by atoms with Crippen LogP contribution in [0.5, 0.6) is 0 Å². The van der Waals surface area contributed by atoms with Crippen LogP contribution in [0.15, 0.2) is 24.3 Å². The third kappa shape index (κ3) is 2.80. The fourth-order valence-electron chi connectivity index (χ4n) is 3.14. The van der Waals surface area contributed by atoms with Gasteiger partial charge in [0.2, 0.25) is 0 Å². The van der Waals surface area contributed by atoms with Gasteiger partial charge in [0.15, 0.2) is 5.41 Å². The number of carbonyl (C=O) groups excluding carboxylic acids is 2. The van der Waals surface area contributed by atoms with Crippen LogP contribution >= 0.6 is 0 Å². The average Bonchev–Trinajstić information content (AvgIpc) is 2.47. The van der Waals surface area contributed by atoms with Crippen LogP contribution in [0.25, 0.3) is 0 Å². The molecule has 0 saturated carbocycles. The van der Waals surface area contributed by atoms with E-state index in [0.29, 0.717) is 12.8 Å². The molecule has 114 valence electrons. The maximum Gasteiger partial charge on any atom is 0.323 e. The molecular formula is C17H22O4. The van der Waals surface area contributed by atoms with Crippen LogP contribution in [0.3, 0.4) is 0 Å². The molecule has 1 atom stereocenters. The second-order valence-electron chi connectivity index (χ2n) is 5.50. The summed E-state index contributed by atoms with van der Waals surface area (Å²) in [6.45, 7) is 6.05. The molecule has 0 bridgehead atoms. The normalized spacial score (nSPS) is 19.5. The molecule has 1 aromatic rings. The summed E-state index contributed by atoms with van der Waals surface area (Å²) in [5.41, 5.74) is 1.01. The van der Waals surface area contributed by atoms with E-state index in [4.69, 9.17) is 9.47 Å². The number of fused-ring (bicyclic) bond motifs is 1. The van der Waals surface area contributed by atoms with E-state index >= 15 is 0 Å². The first-order valence-corrected chi connectivity index (χ1v) is 7.47. The zero-order valence-corrected chi connectivity index (χ0v) is 12.8. The molecule has 21 heavy (non-hydrogen) atoms. The summed E-state index contributed by atoms with van der Waals surface area (Å²) in [6.07, 6.45) is 0.785. The smallest absolute Gasteiger partial charge is 0.323 e. The summed E-state index contributed by atoms with van der Waals surface area (Å²) < 4.78 is 10.4. The first-order valence-electron chi connectivity index (χ1n) is 7.47. The lowest BCUT2D eigenvalue weighted by Gasteiger charge is -2.36. The highest BCUT2D eigenvalue weighted by Gasteiger charge is 2.52. The summed E-state index contributed by atoms with van der Waals surface area (Å²) in [4.78, 5) is 24.9. The molecule has 0 aliphatic heterocycles. The number of hydrogen-bond acceptors (Lipinski definition) is 4. The first-order chi connectivity index (χ1) is 10.0. The molecule has 0 heterocycles. The van der Waals surface area contributed by atoms with Crippen molar-refractivity contribution in [3.63, 3.8) is 0 Å². The maximum absolute atomic E-state index is 12.5.